The Kier molecular flexibility index (Phi) is 6.61. The number of aryl methyl sites for hydroxylation is 4. The van der Waals surface area contributed by atoms with E-state index in [0.29, 0.717) is 0 Å². The molecule has 0 bridgehead atoms. The molecule has 0 saturated heterocycles. The van der Waals surface area contributed by atoms with E-state index in [0.717, 1.165) is 13.1 Å². The van der Waals surface area contributed by atoms with Crippen molar-refractivity contribution in [1.82, 2.24) is 4.67 Å². The summed E-state index contributed by atoms with van der Waals surface area (Å²) in [5.74, 6) is 0. The van der Waals surface area contributed by atoms with Crippen molar-refractivity contribution >= 4 is 74.1 Å². The van der Waals surface area contributed by atoms with Crippen LogP contribution in [-0.4, -0.2) is 24.4 Å². The Morgan fingerprint density at radius 1 is 0.615 bits per heavy atom. The number of rotatable bonds is 4. The third-order valence-corrected chi connectivity index (χ3v) is 17.3. The summed E-state index contributed by atoms with van der Waals surface area (Å²) < 4.78 is 2.56. The minimum atomic E-state index is -2.33. The summed E-state index contributed by atoms with van der Waals surface area (Å²) in [4.78, 5) is 2.50. The normalized spacial score (nSPS) is 21.0. The molecule has 200 valence electrons. The van der Waals surface area contributed by atoms with E-state index in [9.17, 15) is 0 Å². The maximum Gasteiger partial charge on any atom is 0.0751 e. The highest BCUT2D eigenvalue weighted by molar-refractivity contribution is 8.22. The molecule has 4 aromatic carbocycles. The van der Waals surface area contributed by atoms with Gasteiger partial charge in [-0.25, -0.2) is 0 Å². The molecule has 0 spiro atoms. The number of anilines is 3. The van der Waals surface area contributed by atoms with Crippen molar-refractivity contribution < 1.29 is 0 Å². The standard InChI is InChI=1S/C33H36N2P2S2/c1-8-34(9-2)37(39)30-18-22(4)11-13-28(30)35-27-12-10-21(3)17-29(27)36(7,38)31-19-26(20-32(37)33(31)35)25-15-23(5)14-24(6)16-25/h10-20H,8-9H2,1-7H3. The van der Waals surface area contributed by atoms with Crippen LogP contribution < -0.4 is 26.1 Å². The second-order valence-electron chi connectivity index (χ2n) is 11.2. The van der Waals surface area contributed by atoms with E-state index in [1.807, 2.05) is 0 Å². The van der Waals surface area contributed by atoms with Gasteiger partial charge in [0.25, 0.3) is 0 Å². The van der Waals surface area contributed by atoms with Gasteiger partial charge in [0.15, 0.2) is 0 Å². The summed E-state index contributed by atoms with van der Waals surface area (Å²) in [6, 6.07) is 23.4. The van der Waals surface area contributed by atoms with Crippen molar-refractivity contribution in [2.75, 3.05) is 24.7 Å². The van der Waals surface area contributed by atoms with E-state index >= 15 is 0 Å². The largest absolute Gasteiger partial charge is 0.308 e. The molecular formula is C33H36N2P2S2. The van der Waals surface area contributed by atoms with Crippen LogP contribution in [0.5, 0.6) is 0 Å². The second kappa shape index (κ2) is 9.51. The van der Waals surface area contributed by atoms with Gasteiger partial charge in [0.2, 0.25) is 0 Å². The van der Waals surface area contributed by atoms with Crippen molar-refractivity contribution in [1.29, 1.82) is 0 Å². The first-order valence-corrected chi connectivity index (χ1v) is 19.7. The van der Waals surface area contributed by atoms with Crippen molar-refractivity contribution in [2.24, 2.45) is 0 Å². The van der Waals surface area contributed by atoms with Gasteiger partial charge < -0.3 is 4.90 Å². The van der Waals surface area contributed by atoms with Crippen molar-refractivity contribution in [3.8, 4) is 11.1 Å². The van der Waals surface area contributed by atoms with Gasteiger partial charge in [-0.3, -0.25) is 4.67 Å². The van der Waals surface area contributed by atoms with Crippen LogP contribution in [-0.2, 0) is 23.6 Å². The number of fused-ring (bicyclic) bond motifs is 4. The zero-order chi connectivity index (χ0) is 27.9. The Morgan fingerprint density at radius 2 is 1.13 bits per heavy atom. The molecule has 2 heterocycles. The van der Waals surface area contributed by atoms with E-state index in [1.165, 1.54) is 71.7 Å². The van der Waals surface area contributed by atoms with Gasteiger partial charge in [0.05, 0.1) is 23.3 Å². The quantitative estimate of drug-likeness (QED) is 0.229. The highest BCUT2D eigenvalue weighted by Crippen LogP contribution is 2.62. The van der Waals surface area contributed by atoms with Crippen LogP contribution >= 0.6 is 12.2 Å². The van der Waals surface area contributed by atoms with E-state index in [-0.39, 0.29) is 0 Å². The maximum absolute atomic E-state index is 6.97. The monoisotopic (exact) mass is 586 g/mol. The molecule has 0 aliphatic carbocycles. The van der Waals surface area contributed by atoms with Crippen LogP contribution in [0.15, 0.2) is 66.7 Å². The molecule has 0 aromatic heterocycles. The fourth-order valence-electron chi connectivity index (χ4n) is 6.48. The SMILES string of the molecule is CCN(CC)P1(=S)c2cc(C)ccc2N2c3ccc(C)cc3P(C)(=S)c3cc(-c4cc(C)cc(C)c4)cc1c32. The highest BCUT2D eigenvalue weighted by atomic mass is 32.4. The lowest BCUT2D eigenvalue weighted by Gasteiger charge is -2.48. The van der Waals surface area contributed by atoms with E-state index < -0.39 is 12.2 Å². The molecule has 0 amide bonds. The summed E-state index contributed by atoms with van der Waals surface area (Å²) >= 11 is 13.6. The Morgan fingerprint density at radius 3 is 1.72 bits per heavy atom. The van der Waals surface area contributed by atoms with E-state index in [4.69, 9.17) is 23.6 Å². The fourth-order valence-corrected chi connectivity index (χ4v) is 14.7. The van der Waals surface area contributed by atoms with Gasteiger partial charge in [-0.1, -0.05) is 90.0 Å². The van der Waals surface area contributed by atoms with Crippen LogP contribution in [0.2, 0.25) is 0 Å². The Labute approximate surface area is 244 Å². The minimum Gasteiger partial charge on any atom is -0.308 e. The lowest BCUT2D eigenvalue weighted by atomic mass is 10.00. The average Bonchev–Trinajstić information content (AvgIpc) is 2.89. The summed E-state index contributed by atoms with van der Waals surface area (Å²) in [7, 11) is 0. The van der Waals surface area contributed by atoms with Crippen LogP contribution in [0, 0.1) is 27.7 Å². The Bertz CT molecular complexity index is 1750. The van der Waals surface area contributed by atoms with Gasteiger partial charge in [-0.05, 0) is 81.9 Å². The summed E-state index contributed by atoms with van der Waals surface area (Å²) in [5, 5.41) is 5.20. The van der Waals surface area contributed by atoms with Crippen molar-refractivity contribution in [3.05, 3.63) is 89.0 Å². The first-order chi connectivity index (χ1) is 18.5. The zero-order valence-electron chi connectivity index (χ0n) is 23.9. The predicted octanol–water partition coefficient (Wildman–Crippen LogP) is 7.43. The fraction of sp³-hybridized carbons (Fsp3) is 0.273. The molecule has 4 aromatic rings. The van der Waals surface area contributed by atoms with Crippen LogP contribution in [0.3, 0.4) is 0 Å². The predicted molar refractivity (Wildman–Crippen MR) is 181 cm³/mol. The van der Waals surface area contributed by atoms with Crippen LogP contribution in [0.1, 0.15) is 36.1 Å². The molecule has 0 saturated carbocycles. The van der Waals surface area contributed by atoms with Crippen LogP contribution in [0.4, 0.5) is 17.1 Å². The van der Waals surface area contributed by atoms with E-state index in [2.05, 4.69) is 125 Å². The topological polar surface area (TPSA) is 6.48 Å². The van der Waals surface area contributed by atoms with Crippen molar-refractivity contribution in [3.63, 3.8) is 0 Å². The lowest BCUT2D eigenvalue weighted by Crippen LogP contribution is -2.45. The Balaban J connectivity index is 1.81. The Hall–Kier alpha value is -2.06. The molecule has 6 heteroatoms. The van der Waals surface area contributed by atoms with Gasteiger partial charge in [0.1, 0.15) is 0 Å². The first-order valence-electron chi connectivity index (χ1n) is 13.7. The third kappa shape index (κ3) is 3.98. The summed E-state index contributed by atoms with van der Waals surface area (Å²) in [6.45, 7) is 17.4. The molecule has 2 unspecified atom stereocenters. The molecule has 2 nitrogen and oxygen atoms in total. The van der Waals surface area contributed by atoms with Gasteiger partial charge in [0, 0.05) is 40.3 Å². The highest BCUT2D eigenvalue weighted by Gasteiger charge is 2.45. The molecule has 0 N–H and O–H groups in total. The second-order valence-corrected chi connectivity index (χ2v) is 20.5. The van der Waals surface area contributed by atoms with Crippen molar-refractivity contribution in [2.45, 2.75) is 41.5 Å². The summed E-state index contributed by atoms with van der Waals surface area (Å²) in [5.41, 5.74) is 11.3. The molecule has 0 fully saturated rings. The lowest BCUT2D eigenvalue weighted by molar-refractivity contribution is 0.513. The maximum atomic E-state index is 6.97. The smallest absolute Gasteiger partial charge is 0.0751 e. The number of nitrogens with zero attached hydrogens (tertiary/aromatic N) is 2. The van der Waals surface area contributed by atoms with Gasteiger partial charge >= 0.3 is 0 Å². The average molecular weight is 587 g/mol. The first kappa shape index (κ1) is 27.1. The molecule has 39 heavy (non-hydrogen) atoms. The molecule has 0 radical (unpaired) electrons. The van der Waals surface area contributed by atoms with Crippen LogP contribution in [0.25, 0.3) is 11.1 Å². The molecule has 2 atom stereocenters. The van der Waals surface area contributed by atoms with Gasteiger partial charge in [-0.2, -0.15) is 0 Å². The van der Waals surface area contributed by atoms with E-state index in [1.54, 1.807) is 0 Å². The molecule has 2 aliphatic heterocycles. The molecule has 2 aliphatic rings. The third-order valence-electron chi connectivity index (χ3n) is 8.29. The minimum absolute atomic E-state index is 0.916. The number of hydrogen-bond donors (Lipinski definition) is 0. The van der Waals surface area contributed by atoms with Gasteiger partial charge in [-0.15, -0.1) is 0 Å². The number of hydrogen-bond acceptors (Lipinski definition) is 3. The molecule has 6 rings (SSSR count). The summed E-state index contributed by atoms with van der Waals surface area (Å²) in [6.07, 6.45) is -2.33. The zero-order valence-corrected chi connectivity index (χ0v) is 27.3. The molecular weight excluding hydrogens is 550 g/mol. The number of benzene rings is 4.